The molecular weight excluding hydrogens is 487 g/mol. The maximum Gasteiger partial charge on any atom is 0.416 e. The Kier molecular flexibility index (Phi) is 8.81. The van der Waals surface area contributed by atoms with Gasteiger partial charge >= 0.3 is 12.1 Å². The van der Waals surface area contributed by atoms with Crippen LogP contribution >= 0.6 is 0 Å². The van der Waals surface area contributed by atoms with E-state index in [9.17, 15) is 22.8 Å². The van der Waals surface area contributed by atoms with E-state index >= 15 is 0 Å². The van der Waals surface area contributed by atoms with Crippen LogP contribution < -0.4 is 14.8 Å². The maximum atomic E-state index is 13.0. The minimum absolute atomic E-state index is 0.00490. The van der Waals surface area contributed by atoms with Gasteiger partial charge in [0.2, 0.25) is 0 Å². The predicted molar refractivity (Wildman–Crippen MR) is 132 cm³/mol. The molecule has 0 fully saturated rings. The number of carbonyl (C=O) groups is 2. The van der Waals surface area contributed by atoms with Gasteiger partial charge in [-0.15, -0.1) is 0 Å². The van der Waals surface area contributed by atoms with Crippen molar-refractivity contribution >= 4 is 11.9 Å². The van der Waals surface area contributed by atoms with Gasteiger partial charge in [0, 0.05) is 13.0 Å². The van der Waals surface area contributed by atoms with E-state index in [4.69, 9.17) is 14.6 Å². The SMILES string of the molecule is CCc1cc(Oc2cc(C)cc(CNC(=O)c3ccc(C(F)(F)F)cc3OC)c2)ccc1CCC(=O)O. The molecule has 0 saturated heterocycles. The van der Waals surface area contributed by atoms with Crippen molar-refractivity contribution in [1.29, 1.82) is 0 Å². The molecule has 0 unspecified atom stereocenters. The first-order valence-electron chi connectivity index (χ1n) is 11.7. The number of hydrogen-bond donors (Lipinski definition) is 2. The highest BCUT2D eigenvalue weighted by molar-refractivity contribution is 5.97. The summed E-state index contributed by atoms with van der Waals surface area (Å²) in [6.45, 7) is 3.99. The summed E-state index contributed by atoms with van der Waals surface area (Å²) >= 11 is 0. The van der Waals surface area contributed by atoms with Crippen molar-refractivity contribution in [3.05, 3.63) is 88.0 Å². The highest BCUT2D eigenvalue weighted by atomic mass is 19.4. The molecule has 3 aromatic rings. The quantitative estimate of drug-likeness (QED) is 0.330. The summed E-state index contributed by atoms with van der Waals surface area (Å²) in [7, 11) is 1.21. The zero-order chi connectivity index (χ0) is 27.2. The number of halogens is 3. The number of carboxylic acids is 1. The van der Waals surface area contributed by atoms with Crippen LogP contribution in [-0.2, 0) is 30.4 Å². The predicted octanol–water partition coefficient (Wildman–Crippen LogP) is 6.32. The average molecular weight is 516 g/mol. The first-order valence-corrected chi connectivity index (χ1v) is 11.7. The molecule has 3 rings (SSSR count). The molecule has 2 N–H and O–H groups in total. The number of aryl methyl sites for hydroxylation is 3. The first-order chi connectivity index (χ1) is 17.5. The summed E-state index contributed by atoms with van der Waals surface area (Å²) in [4.78, 5) is 23.6. The van der Waals surface area contributed by atoms with Gasteiger partial charge in [0.25, 0.3) is 5.91 Å². The number of nitrogens with one attached hydrogen (secondary N) is 1. The van der Waals surface area contributed by atoms with Crippen LogP contribution in [-0.4, -0.2) is 24.1 Å². The normalized spacial score (nSPS) is 11.2. The number of amides is 1. The molecule has 0 atom stereocenters. The summed E-state index contributed by atoms with van der Waals surface area (Å²) in [6, 6.07) is 13.7. The largest absolute Gasteiger partial charge is 0.496 e. The number of carboxylic acid groups (broad SMARTS) is 1. The number of methoxy groups -OCH3 is 1. The van der Waals surface area contributed by atoms with Crippen molar-refractivity contribution in [2.75, 3.05) is 7.11 Å². The van der Waals surface area contributed by atoms with Gasteiger partial charge in [-0.05, 0) is 84.5 Å². The standard InChI is InChI=1S/C28H28F3NO5/c1-4-19-14-22(8-5-20(19)6-10-26(33)34)37-23-12-17(2)11-18(13-23)16-32-27(35)24-9-7-21(28(29,30)31)15-25(24)36-3/h5,7-9,11-15H,4,6,10,16H2,1-3H3,(H,32,35)(H,33,34). The van der Waals surface area contributed by atoms with Crippen LogP contribution in [0.3, 0.4) is 0 Å². The van der Waals surface area contributed by atoms with E-state index in [-0.39, 0.29) is 24.3 Å². The maximum absolute atomic E-state index is 13.0. The number of benzene rings is 3. The van der Waals surface area contributed by atoms with Crippen molar-refractivity contribution in [3.63, 3.8) is 0 Å². The van der Waals surface area contributed by atoms with Crippen LogP contribution in [0.15, 0.2) is 54.6 Å². The fourth-order valence-electron chi connectivity index (χ4n) is 3.93. The van der Waals surface area contributed by atoms with E-state index in [1.54, 1.807) is 12.1 Å². The minimum atomic E-state index is -4.54. The van der Waals surface area contributed by atoms with E-state index in [0.717, 1.165) is 46.9 Å². The van der Waals surface area contributed by atoms with Gasteiger partial charge in [0.05, 0.1) is 18.2 Å². The van der Waals surface area contributed by atoms with Gasteiger partial charge in [0.1, 0.15) is 17.2 Å². The molecule has 0 radical (unpaired) electrons. The average Bonchev–Trinajstić information content (AvgIpc) is 2.85. The Morgan fingerprint density at radius 2 is 1.73 bits per heavy atom. The van der Waals surface area contributed by atoms with E-state index in [2.05, 4.69) is 5.32 Å². The molecule has 0 spiro atoms. The fraction of sp³-hybridized carbons (Fsp3) is 0.286. The van der Waals surface area contributed by atoms with Gasteiger partial charge in [-0.2, -0.15) is 13.2 Å². The molecule has 6 nitrogen and oxygen atoms in total. The molecule has 0 aliphatic carbocycles. The molecule has 0 aliphatic heterocycles. The summed E-state index contributed by atoms with van der Waals surface area (Å²) in [6.07, 6.45) is -3.32. The number of alkyl halides is 3. The summed E-state index contributed by atoms with van der Waals surface area (Å²) in [5.41, 5.74) is 2.69. The molecule has 0 saturated carbocycles. The Hall–Kier alpha value is -4.01. The fourth-order valence-corrected chi connectivity index (χ4v) is 3.93. The molecular formula is C28H28F3NO5. The third kappa shape index (κ3) is 7.49. The number of carbonyl (C=O) groups excluding carboxylic acids is 1. The summed E-state index contributed by atoms with van der Waals surface area (Å²) < 4.78 is 50.0. The Balaban J connectivity index is 1.72. The molecule has 3 aromatic carbocycles. The number of ether oxygens (including phenoxy) is 2. The van der Waals surface area contributed by atoms with E-state index in [1.807, 2.05) is 38.1 Å². The molecule has 37 heavy (non-hydrogen) atoms. The van der Waals surface area contributed by atoms with Crippen molar-refractivity contribution in [2.45, 2.75) is 45.8 Å². The van der Waals surface area contributed by atoms with E-state index in [0.29, 0.717) is 17.9 Å². The Morgan fingerprint density at radius 1 is 0.973 bits per heavy atom. The second kappa shape index (κ2) is 11.8. The van der Waals surface area contributed by atoms with E-state index < -0.39 is 23.6 Å². The summed E-state index contributed by atoms with van der Waals surface area (Å²) in [5.74, 6) is -0.431. The first kappa shape index (κ1) is 27.6. The zero-order valence-electron chi connectivity index (χ0n) is 20.7. The van der Waals surface area contributed by atoms with Crippen LogP contribution in [0.5, 0.6) is 17.2 Å². The van der Waals surface area contributed by atoms with Crippen molar-refractivity contribution in [2.24, 2.45) is 0 Å². The molecule has 0 aliphatic rings. The monoisotopic (exact) mass is 515 g/mol. The Bertz CT molecular complexity index is 1290. The Labute approximate surface area is 213 Å². The number of aliphatic carboxylic acids is 1. The van der Waals surface area contributed by atoms with E-state index in [1.165, 1.54) is 7.11 Å². The highest BCUT2D eigenvalue weighted by Crippen LogP contribution is 2.33. The summed E-state index contributed by atoms with van der Waals surface area (Å²) in [5, 5.41) is 11.7. The molecule has 196 valence electrons. The number of hydrogen-bond acceptors (Lipinski definition) is 4. The van der Waals surface area contributed by atoms with Gasteiger partial charge in [0.15, 0.2) is 0 Å². The minimum Gasteiger partial charge on any atom is -0.496 e. The third-order valence-electron chi connectivity index (χ3n) is 5.74. The molecule has 9 heteroatoms. The zero-order valence-corrected chi connectivity index (χ0v) is 20.7. The molecule has 1 amide bonds. The van der Waals surface area contributed by atoms with Crippen LogP contribution in [0.2, 0.25) is 0 Å². The van der Waals surface area contributed by atoms with Gasteiger partial charge in [-0.3, -0.25) is 9.59 Å². The lowest BCUT2D eigenvalue weighted by atomic mass is 10.0. The lowest BCUT2D eigenvalue weighted by Gasteiger charge is -2.14. The smallest absolute Gasteiger partial charge is 0.416 e. The van der Waals surface area contributed by atoms with Gasteiger partial charge < -0.3 is 19.9 Å². The van der Waals surface area contributed by atoms with Crippen molar-refractivity contribution in [1.82, 2.24) is 5.32 Å². The van der Waals surface area contributed by atoms with Crippen LogP contribution in [0.4, 0.5) is 13.2 Å². The highest BCUT2D eigenvalue weighted by Gasteiger charge is 2.31. The van der Waals surface area contributed by atoms with Crippen LogP contribution in [0, 0.1) is 6.92 Å². The van der Waals surface area contributed by atoms with Crippen LogP contribution in [0.25, 0.3) is 0 Å². The van der Waals surface area contributed by atoms with Crippen molar-refractivity contribution in [3.8, 4) is 17.2 Å². The third-order valence-corrected chi connectivity index (χ3v) is 5.74. The van der Waals surface area contributed by atoms with Crippen LogP contribution in [0.1, 0.15) is 51.5 Å². The number of rotatable bonds is 10. The second-order valence-electron chi connectivity index (χ2n) is 8.53. The topological polar surface area (TPSA) is 84.9 Å². The van der Waals surface area contributed by atoms with Crippen molar-refractivity contribution < 1.29 is 37.3 Å². The molecule has 0 heterocycles. The molecule has 0 aromatic heterocycles. The molecule has 0 bridgehead atoms. The van der Waals surface area contributed by atoms with Gasteiger partial charge in [-0.1, -0.05) is 19.1 Å². The van der Waals surface area contributed by atoms with Gasteiger partial charge in [-0.25, -0.2) is 0 Å². The second-order valence-corrected chi connectivity index (χ2v) is 8.53. The lowest BCUT2D eigenvalue weighted by Crippen LogP contribution is -2.23. The Morgan fingerprint density at radius 3 is 2.38 bits per heavy atom. The lowest BCUT2D eigenvalue weighted by molar-refractivity contribution is -0.138.